The highest BCUT2D eigenvalue weighted by Crippen LogP contribution is 2.40. The summed E-state index contributed by atoms with van der Waals surface area (Å²) in [6, 6.07) is 9.67. The Morgan fingerprint density at radius 2 is 1.51 bits per heavy atom. The van der Waals surface area contributed by atoms with Crippen LogP contribution in [0.15, 0.2) is 30.3 Å². The summed E-state index contributed by atoms with van der Waals surface area (Å²) in [5.74, 6) is 1.40. The second-order valence-electron chi connectivity index (χ2n) is 8.05. The lowest BCUT2D eigenvalue weighted by Crippen LogP contribution is -2.38. The molecular formula is C27H37N3O4S. The van der Waals surface area contributed by atoms with E-state index >= 15 is 0 Å². The molecule has 0 saturated carbocycles. The van der Waals surface area contributed by atoms with Gasteiger partial charge in [0.05, 0.1) is 30.0 Å². The number of hydrogen-bond donors (Lipinski definition) is 0. The molecule has 7 nitrogen and oxygen atoms in total. The molecule has 0 bridgehead atoms. The second-order valence-corrected chi connectivity index (χ2v) is 9.06. The van der Waals surface area contributed by atoms with E-state index in [1.165, 1.54) is 16.9 Å². The Balaban J connectivity index is 2.06. The number of hydrogen-bond acceptors (Lipinski definition) is 7. The fourth-order valence-electron chi connectivity index (χ4n) is 3.87. The van der Waals surface area contributed by atoms with Crippen molar-refractivity contribution in [2.45, 2.75) is 41.5 Å². The molecule has 3 rings (SSSR count). The van der Waals surface area contributed by atoms with Gasteiger partial charge in [0.25, 0.3) is 5.91 Å². The molecule has 1 heterocycles. The summed E-state index contributed by atoms with van der Waals surface area (Å²) in [7, 11) is 0. The number of rotatable bonds is 13. The summed E-state index contributed by atoms with van der Waals surface area (Å²) in [5, 5.41) is 0.688. The maximum Gasteiger partial charge on any atom is 0.260 e. The topological polar surface area (TPSA) is 64.1 Å². The van der Waals surface area contributed by atoms with E-state index in [-0.39, 0.29) is 5.91 Å². The molecule has 1 amide bonds. The van der Waals surface area contributed by atoms with Crippen LogP contribution >= 0.6 is 11.3 Å². The lowest BCUT2D eigenvalue weighted by Gasteiger charge is -2.25. The molecule has 0 unspecified atom stereocenters. The molecule has 0 radical (unpaired) electrons. The van der Waals surface area contributed by atoms with Crippen LogP contribution in [0.1, 0.15) is 50.5 Å². The molecular weight excluding hydrogens is 462 g/mol. The van der Waals surface area contributed by atoms with Gasteiger partial charge in [-0.15, -0.1) is 0 Å². The van der Waals surface area contributed by atoms with Gasteiger partial charge in [-0.2, -0.15) is 0 Å². The van der Waals surface area contributed by atoms with E-state index in [9.17, 15) is 4.79 Å². The molecule has 8 heteroatoms. The highest BCUT2D eigenvalue weighted by atomic mass is 32.1. The number of carbonyl (C=O) groups is 1. The first kappa shape index (κ1) is 26.8. The summed E-state index contributed by atoms with van der Waals surface area (Å²) in [5.41, 5.74) is 2.55. The minimum absolute atomic E-state index is 0.141. The molecule has 0 fully saturated rings. The monoisotopic (exact) mass is 499 g/mol. The molecule has 0 saturated heterocycles. The fraction of sp³-hybridized carbons (Fsp3) is 0.481. The lowest BCUT2D eigenvalue weighted by atomic mass is 10.1. The zero-order chi connectivity index (χ0) is 25.4. The molecule has 35 heavy (non-hydrogen) atoms. The Morgan fingerprint density at radius 3 is 2.09 bits per heavy atom. The molecule has 3 aromatic rings. The normalized spacial score (nSPS) is 11.2. The van der Waals surface area contributed by atoms with Crippen molar-refractivity contribution in [1.29, 1.82) is 0 Å². The number of fused-ring (bicyclic) bond motifs is 1. The number of nitrogens with zero attached hydrogens (tertiary/aromatic N) is 3. The number of aromatic nitrogens is 1. The van der Waals surface area contributed by atoms with Crippen molar-refractivity contribution in [3.8, 4) is 17.2 Å². The molecule has 1 aromatic heterocycles. The van der Waals surface area contributed by atoms with Crippen molar-refractivity contribution in [3.63, 3.8) is 0 Å². The molecule has 190 valence electrons. The van der Waals surface area contributed by atoms with Crippen LogP contribution in [0.3, 0.4) is 0 Å². The summed E-state index contributed by atoms with van der Waals surface area (Å²) in [6.45, 7) is 16.5. The van der Waals surface area contributed by atoms with Gasteiger partial charge < -0.3 is 19.1 Å². The predicted octanol–water partition coefficient (Wildman–Crippen LogP) is 5.79. The highest BCUT2D eigenvalue weighted by molar-refractivity contribution is 7.22. The van der Waals surface area contributed by atoms with Gasteiger partial charge in [0.2, 0.25) is 5.75 Å². The zero-order valence-electron chi connectivity index (χ0n) is 21.7. The number of likely N-dealkylation sites (N-methyl/N-ethyl adjacent to an activating group) is 1. The van der Waals surface area contributed by atoms with E-state index in [1.54, 1.807) is 17.0 Å². The zero-order valence-corrected chi connectivity index (χ0v) is 22.5. The molecule has 0 atom stereocenters. The van der Waals surface area contributed by atoms with Crippen LogP contribution in [-0.2, 0) is 0 Å². The maximum absolute atomic E-state index is 14.0. The summed E-state index contributed by atoms with van der Waals surface area (Å²) < 4.78 is 18.6. The van der Waals surface area contributed by atoms with Gasteiger partial charge in [-0.25, -0.2) is 4.98 Å². The predicted molar refractivity (Wildman–Crippen MR) is 144 cm³/mol. The molecule has 0 N–H and O–H groups in total. The van der Waals surface area contributed by atoms with Crippen LogP contribution in [-0.4, -0.2) is 61.8 Å². The molecule has 0 aliphatic rings. The Bertz CT molecular complexity index is 1100. The quantitative estimate of drug-likeness (QED) is 0.297. The molecule has 2 aromatic carbocycles. The van der Waals surface area contributed by atoms with Crippen molar-refractivity contribution in [1.82, 2.24) is 9.88 Å². The van der Waals surface area contributed by atoms with Crippen LogP contribution in [0.2, 0.25) is 0 Å². The first-order valence-corrected chi connectivity index (χ1v) is 13.2. The van der Waals surface area contributed by atoms with Crippen molar-refractivity contribution in [3.05, 3.63) is 41.5 Å². The van der Waals surface area contributed by atoms with Gasteiger partial charge in [0.1, 0.15) is 0 Å². The van der Waals surface area contributed by atoms with Gasteiger partial charge >= 0.3 is 0 Å². The van der Waals surface area contributed by atoms with Crippen LogP contribution in [0.4, 0.5) is 5.13 Å². The van der Waals surface area contributed by atoms with Crippen LogP contribution < -0.4 is 19.1 Å². The molecule has 0 aliphatic carbocycles. The fourth-order valence-corrected chi connectivity index (χ4v) is 4.96. The Morgan fingerprint density at radius 1 is 0.886 bits per heavy atom. The SMILES string of the molecule is CCOc1cc(C(=O)N(CCN(CC)CC)c2nc3ccc(C)cc3s2)cc(OCC)c1OCC. The third-order valence-corrected chi connectivity index (χ3v) is 6.74. The van der Waals surface area contributed by atoms with Crippen molar-refractivity contribution < 1.29 is 19.0 Å². The van der Waals surface area contributed by atoms with Gasteiger partial charge in [0.15, 0.2) is 16.6 Å². The van der Waals surface area contributed by atoms with Gasteiger partial charge in [0, 0.05) is 18.7 Å². The van der Waals surface area contributed by atoms with Crippen LogP contribution in [0.5, 0.6) is 17.2 Å². The van der Waals surface area contributed by atoms with Crippen LogP contribution in [0, 0.1) is 6.92 Å². The molecule has 0 spiro atoms. The Hall–Kier alpha value is -2.84. The van der Waals surface area contributed by atoms with E-state index in [1.807, 2.05) is 32.9 Å². The summed E-state index contributed by atoms with van der Waals surface area (Å²) >= 11 is 1.54. The number of anilines is 1. The number of amides is 1. The summed E-state index contributed by atoms with van der Waals surface area (Å²) in [6.07, 6.45) is 0. The number of ether oxygens (including phenoxy) is 3. The Labute approximate surface area is 212 Å². The minimum atomic E-state index is -0.141. The molecule has 0 aliphatic heterocycles. The lowest BCUT2D eigenvalue weighted by molar-refractivity contribution is 0.0982. The van der Waals surface area contributed by atoms with Crippen molar-refractivity contribution in [2.24, 2.45) is 0 Å². The van der Waals surface area contributed by atoms with Crippen molar-refractivity contribution >= 4 is 32.6 Å². The number of aryl methyl sites for hydroxylation is 1. The Kier molecular flexibility index (Phi) is 9.74. The van der Waals surface area contributed by atoms with Crippen LogP contribution in [0.25, 0.3) is 10.2 Å². The smallest absolute Gasteiger partial charge is 0.260 e. The van der Waals surface area contributed by atoms with Gasteiger partial charge in [-0.1, -0.05) is 31.3 Å². The first-order chi connectivity index (χ1) is 16.9. The maximum atomic E-state index is 14.0. The standard InChI is InChI=1S/C27H37N3O4S/c1-7-29(8-2)14-15-30(27-28-21-13-12-19(6)16-24(21)35-27)26(31)20-17-22(32-9-3)25(34-11-5)23(18-20)33-10-4/h12-13,16-18H,7-11,14-15H2,1-6H3. The first-order valence-electron chi connectivity index (χ1n) is 12.4. The van der Waals surface area contributed by atoms with E-state index in [2.05, 4.69) is 31.7 Å². The van der Waals surface area contributed by atoms with E-state index in [0.29, 0.717) is 54.3 Å². The average Bonchev–Trinajstić information content (AvgIpc) is 3.26. The van der Waals surface area contributed by atoms with Crippen molar-refractivity contribution in [2.75, 3.05) is 50.9 Å². The third-order valence-electron chi connectivity index (χ3n) is 5.70. The number of thiazole rings is 1. The largest absolute Gasteiger partial charge is 0.490 e. The average molecular weight is 500 g/mol. The minimum Gasteiger partial charge on any atom is -0.490 e. The summed E-state index contributed by atoms with van der Waals surface area (Å²) in [4.78, 5) is 22.9. The number of carbonyl (C=O) groups excluding carboxylic acids is 1. The highest BCUT2D eigenvalue weighted by Gasteiger charge is 2.25. The van der Waals surface area contributed by atoms with Gasteiger partial charge in [-0.3, -0.25) is 9.69 Å². The van der Waals surface area contributed by atoms with E-state index < -0.39 is 0 Å². The second kappa shape index (κ2) is 12.7. The van der Waals surface area contributed by atoms with E-state index in [4.69, 9.17) is 19.2 Å². The van der Waals surface area contributed by atoms with Gasteiger partial charge in [-0.05, 0) is 70.6 Å². The third kappa shape index (κ3) is 6.44. The van der Waals surface area contributed by atoms with E-state index in [0.717, 1.165) is 29.9 Å². The number of benzene rings is 2.